The summed E-state index contributed by atoms with van der Waals surface area (Å²) in [6.07, 6.45) is -9.91. The maximum absolute atomic E-state index is 12.6. The van der Waals surface area contributed by atoms with E-state index in [-0.39, 0.29) is 11.6 Å². The molecule has 9 heteroatoms. The number of benzene rings is 1. The van der Waals surface area contributed by atoms with Gasteiger partial charge in [0.05, 0.1) is 11.1 Å². The highest BCUT2D eigenvalue weighted by Gasteiger charge is 2.37. The van der Waals surface area contributed by atoms with E-state index in [0.29, 0.717) is 12.1 Å². The Kier molecular flexibility index (Phi) is 4.30. The molecule has 20 heavy (non-hydrogen) atoms. The quantitative estimate of drug-likeness (QED) is 0.479. The Labute approximate surface area is 109 Å². The summed E-state index contributed by atoms with van der Waals surface area (Å²) in [5.41, 5.74) is -3.32. The number of rotatable bonds is 3. The molecule has 3 nitrogen and oxygen atoms in total. The van der Waals surface area contributed by atoms with E-state index < -0.39 is 40.9 Å². The first-order valence-corrected chi connectivity index (χ1v) is 5.32. The highest BCUT2D eigenvalue weighted by molar-refractivity contribution is 5.35. The van der Waals surface area contributed by atoms with Gasteiger partial charge in [0.25, 0.3) is 0 Å². The lowest BCUT2D eigenvalue weighted by Gasteiger charge is -2.16. The van der Waals surface area contributed by atoms with Crippen LogP contribution in [0.2, 0.25) is 0 Å². The maximum Gasteiger partial charge on any atom is 0.416 e. The van der Waals surface area contributed by atoms with Crippen molar-refractivity contribution in [2.75, 3.05) is 6.54 Å². The third kappa shape index (κ3) is 4.10. The minimum atomic E-state index is -4.95. The molecular weight excluding hydrogens is 292 g/mol. The molecule has 1 rings (SSSR count). The average Bonchev–Trinajstić information content (AvgIpc) is 2.25. The summed E-state index contributed by atoms with van der Waals surface area (Å²) in [5.74, 6) is -1.06. The van der Waals surface area contributed by atoms with Crippen LogP contribution in [0, 0.1) is 10.1 Å². The lowest BCUT2D eigenvalue weighted by molar-refractivity contribution is -0.482. The van der Waals surface area contributed by atoms with Crippen LogP contribution in [0.15, 0.2) is 18.2 Å². The third-order valence-electron chi connectivity index (χ3n) is 2.60. The standard InChI is InChI=1S/C11H9F6NO2/c1-6(5-18(19)20)7-2-8(10(12,13)14)4-9(3-7)11(15,16)17/h2-4,6H,5H2,1H3/t6-/m0/s1. The van der Waals surface area contributed by atoms with Crippen LogP contribution in [0.4, 0.5) is 26.3 Å². The van der Waals surface area contributed by atoms with Crippen LogP contribution in [0.5, 0.6) is 0 Å². The van der Waals surface area contributed by atoms with Crippen molar-refractivity contribution >= 4 is 0 Å². The van der Waals surface area contributed by atoms with Gasteiger partial charge in [-0.3, -0.25) is 10.1 Å². The monoisotopic (exact) mass is 301 g/mol. The Morgan fingerprint density at radius 1 is 1.05 bits per heavy atom. The molecule has 1 aromatic carbocycles. The van der Waals surface area contributed by atoms with Crippen LogP contribution in [0.3, 0.4) is 0 Å². The minimum absolute atomic E-state index is 0.0115. The van der Waals surface area contributed by atoms with Gasteiger partial charge in [-0.2, -0.15) is 26.3 Å². The van der Waals surface area contributed by atoms with Crippen LogP contribution in [0.25, 0.3) is 0 Å². The van der Waals surface area contributed by atoms with Crippen molar-refractivity contribution in [3.8, 4) is 0 Å². The van der Waals surface area contributed by atoms with E-state index >= 15 is 0 Å². The van der Waals surface area contributed by atoms with Crippen LogP contribution >= 0.6 is 0 Å². The summed E-state index contributed by atoms with van der Waals surface area (Å²) in [4.78, 5) is 9.51. The second-order valence-corrected chi connectivity index (χ2v) is 4.26. The minimum Gasteiger partial charge on any atom is -0.265 e. The molecule has 1 atom stereocenters. The van der Waals surface area contributed by atoms with Gasteiger partial charge in [0, 0.05) is 10.8 Å². The van der Waals surface area contributed by atoms with E-state index in [2.05, 4.69) is 0 Å². The molecule has 0 fully saturated rings. The summed E-state index contributed by atoms with van der Waals surface area (Å²) in [6.45, 7) is 0.442. The highest BCUT2D eigenvalue weighted by atomic mass is 19.4. The van der Waals surface area contributed by atoms with Gasteiger partial charge in [-0.1, -0.05) is 6.92 Å². The Morgan fingerprint density at radius 3 is 1.75 bits per heavy atom. The molecule has 0 N–H and O–H groups in total. The summed E-state index contributed by atoms with van der Waals surface area (Å²) in [6, 6.07) is 0.995. The van der Waals surface area contributed by atoms with Gasteiger partial charge in [-0.05, 0) is 23.8 Å². The van der Waals surface area contributed by atoms with Crippen LogP contribution in [-0.2, 0) is 12.4 Å². The number of alkyl halides is 6. The number of hydrogen-bond acceptors (Lipinski definition) is 2. The van der Waals surface area contributed by atoms with E-state index in [0.717, 1.165) is 0 Å². The molecule has 0 heterocycles. The first-order chi connectivity index (χ1) is 8.91. The second-order valence-electron chi connectivity index (χ2n) is 4.26. The van der Waals surface area contributed by atoms with Gasteiger partial charge in [0.15, 0.2) is 0 Å². The van der Waals surface area contributed by atoms with Gasteiger partial charge in [-0.25, -0.2) is 0 Å². The lowest BCUT2D eigenvalue weighted by atomic mass is 9.96. The zero-order valence-corrected chi connectivity index (χ0v) is 10.0. The first-order valence-electron chi connectivity index (χ1n) is 5.32. The molecular formula is C11H9F6NO2. The molecule has 1 aromatic rings. The fourth-order valence-electron chi connectivity index (χ4n) is 1.59. The van der Waals surface area contributed by atoms with Crippen molar-refractivity contribution in [3.63, 3.8) is 0 Å². The number of hydrogen-bond donors (Lipinski definition) is 0. The van der Waals surface area contributed by atoms with Gasteiger partial charge in [-0.15, -0.1) is 0 Å². The second kappa shape index (κ2) is 5.29. The van der Waals surface area contributed by atoms with Crippen LogP contribution < -0.4 is 0 Å². The molecule has 0 saturated carbocycles. The summed E-state index contributed by atoms with van der Waals surface area (Å²) < 4.78 is 75.4. The normalized spacial score (nSPS) is 14.2. The van der Waals surface area contributed by atoms with Crippen molar-refractivity contribution in [2.24, 2.45) is 0 Å². The van der Waals surface area contributed by atoms with Crippen molar-refractivity contribution in [1.29, 1.82) is 0 Å². The molecule has 0 aliphatic rings. The summed E-state index contributed by atoms with van der Waals surface area (Å²) in [5, 5.41) is 10.3. The largest absolute Gasteiger partial charge is 0.416 e. The first kappa shape index (κ1) is 16.3. The van der Waals surface area contributed by atoms with E-state index in [9.17, 15) is 36.5 Å². The van der Waals surface area contributed by atoms with Crippen molar-refractivity contribution in [1.82, 2.24) is 0 Å². The van der Waals surface area contributed by atoms with E-state index in [1.165, 1.54) is 6.92 Å². The lowest BCUT2D eigenvalue weighted by Crippen LogP contribution is -2.15. The summed E-state index contributed by atoms with van der Waals surface area (Å²) >= 11 is 0. The zero-order valence-electron chi connectivity index (χ0n) is 10.0. The zero-order chi connectivity index (χ0) is 15.7. The SMILES string of the molecule is C[C@@H](C[N+](=O)[O-])c1cc(C(F)(F)F)cc(C(F)(F)F)c1. The average molecular weight is 301 g/mol. The molecule has 0 radical (unpaired) electrons. The van der Waals surface area contributed by atoms with Crippen LogP contribution in [-0.4, -0.2) is 11.5 Å². The topological polar surface area (TPSA) is 43.1 Å². The van der Waals surface area contributed by atoms with Gasteiger partial charge >= 0.3 is 12.4 Å². The fourth-order valence-corrected chi connectivity index (χ4v) is 1.59. The molecule has 0 aromatic heterocycles. The van der Waals surface area contributed by atoms with Crippen molar-refractivity contribution in [3.05, 3.63) is 45.0 Å². The molecule has 0 unspecified atom stereocenters. The Hall–Kier alpha value is -1.80. The molecule has 0 amide bonds. The smallest absolute Gasteiger partial charge is 0.265 e. The molecule has 0 saturated heterocycles. The third-order valence-corrected chi connectivity index (χ3v) is 2.60. The van der Waals surface area contributed by atoms with Gasteiger partial charge in [0.1, 0.15) is 0 Å². The highest BCUT2D eigenvalue weighted by Crippen LogP contribution is 2.37. The van der Waals surface area contributed by atoms with Crippen LogP contribution in [0.1, 0.15) is 29.5 Å². The summed E-state index contributed by atoms with van der Waals surface area (Å²) in [7, 11) is 0. The molecule has 0 aliphatic heterocycles. The fraction of sp³-hybridized carbons (Fsp3) is 0.455. The van der Waals surface area contributed by atoms with Crippen molar-refractivity contribution < 1.29 is 31.3 Å². The Balaban J connectivity index is 3.34. The molecule has 112 valence electrons. The van der Waals surface area contributed by atoms with Gasteiger partial charge < -0.3 is 0 Å². The predicted octanol–water partition coefficient (Wildman–Crippen LogP) is 4.10. The number of nitrogens with zero attached hydrogens (tertiary/aromatic N) is 1. The van der Waals surface area contributed by atoms with Gasteiger partial charge in [0.2, 0.25) is 6.54 Å². The van der Waals surface area contributed by atoms with E-state index in [4.69, 9.17) is 0 Å². The molecule has 0 bridgehead atoms. The molecule has 0 aliphatic carbocycles. The van der Waals surface area contributed by atoms with E-state index in [1.54, 1.807) is 0 Å². The number of halogens is 6. The number of nitro groups is 1. The Bertz CT molecular complexity index is 476. The van der Waals surface area contributed by atoms with Crippen molar-refractivity contribution in [2.45, 2.75) is 25.2 Å². The maximum atomic E-state index is 12.6. The predicted molar refractivity (Wildman–Crippen MR) is 56.7 cm³/mol. The molecule has 0 spiro atoms. The van der Waals surface area contributed by atoms with E-state index in [1.807, 2.05) is 0 Å². The Morgan fingerprint density at radius 2 is 1.45 bits per heavy atom.